The van der Waals surface area contributed by atoms with Gasteiger partial charge >= 0.3 is 18.0 Å². The van der Waals surface area contributed by atoms with Gasteiger partial charge in [-0.15, -0.1) is 0 Å². The van der Waals surface area contributed by atoms with Gasteiger partial charge in [0.05, 0.1) is 18.4 Å². The summed E-state index contributed by atoms with van der Waals surface area (Å²) >= 11 is 0. The number of hydrogen-bond donors (Lipinski definition) is 1. The topological polar surface area (TPSA) is 108 Å². The van der Waals surface area contributed by atoms with E-state index in [2.05, 4.69) is 5.32 Å². The number of carbonyl (C=O) groups excluding carboxylic acids is 4. The number of rotatable bonds is 11. The van der Waals surface area contributed by atoms with E-state index in [0.29, 0.717) is 0 Å². The fourth-order valence-corrected chi connectivity index (χ4v) is 3.60. The van der Waals surface area contributed by atoms with Gasteiger partial charge in [0.15, 0.2) is 5.78 Å². The van der Waals surface area contributed by atoms with Gasteiger partial charge in [-0.3, -0.25) is 14.4 Å². The van der Waals surface area contributed by atoms with Crippen LogP contribution in [0.3, 0.4) is 0 Å². The Morgan fingerprint density at radius 1 is 0.737 bits per heavy atom. The van der Waals surface area contributed by atoms with Gasteiger partial charge in [0.25, 0.3) is 0 Å². The van der Waals surface area contributed by atoms with Crippen LogP contribution in [0.5, 0.6) is 0 Å². The Morgan fingerprint density at radius 2 is 1.26 bits per heavy atom. The number of esters is 2. The number of Topliss-reactive ketones (excluding diaryl/α,β-unsaturated/α-hetero) is 1. The lowest BCUT2D eigenvalue weighted by atomic mass is 9.92. The van der Waals surface area contributed by atoms with Gasteiger partial charge in [-0.05, 0) is 59.1 Å². The molecule has 2 rings (SSSR count). The lowest BCUT2D eigenvalue weighted by Crippen LogP contribution is -2.45. The Kier molecular flexibility index (Phi) is 11.0. The Morgan fingerprint density at radius 3 is 1.79 bits per heavy atom. The first kappa shape index (κ1) is 30.5. The Balaban J connectivity index is 2.22. The first-order chi connectivity index (χ1) is 17.7. The monoisotopic (exact) mass is 525 g/mol. The largest absolute Gasteiger partial charge is 0.461 e. The highest BCUT2D eigenvalue weighted by Gasteiger charge is 2.33. The summed E-state index contributed by atoms with van der Waals surface area (Å²) in [7, 11) is 0. The van der Waals surface area contributed by atoms with Crippen molar-refractivity contribution >= 4 is 23.8 Å². The summed E-state index contributed by atoms with van der Waals surface area (Å²) in [4.78, 5) is 51.6. The molecule has 0 aliphatic rings. The van der Waals surface area contributed by atoms with Crippen molar-refractivity contribution in [2.45, 2.75) is 84.7 Å². The van der Waals surface area contributed by atoms with Crippen molar-refractivity contribution < 1.29 is 33.4 Å². The number of carbonyl (C=O) groups is 4. The van der Waals surface area contributed by atoms with E-state index in [0.717, 1.165) is 11.1 Å². The molecule has 2 aromatic rings. The van der Waals surface area contributed by atoms with E-state index in [-0.39, 0.29) is 25.9 Å². The standard InChI is InChI=1S/C30H39NO7/c1-29(2,3)37-26(33)19-23(27(34)36-20-22-15-11-8-12-16-22)18-25(32)24(17-21-13-9-7-10-14-21)31-28(35)38-30(4,5)6/h7-16,23-24H,17-20H2,1-6H3,(H,31,35)/t23-,24-/m0/s1. The third-order valence-corrected chi connectivity index (χ3v) is 5.20. The van der Waals surface area contributed by atoms with Crippen LogP contribution in [0.1, 0.15) is 65.5 Å². The van der Waals surface area contributed by atoms with Crippen molar-refractivity contribution in [1.82, 2.24) is 5.32 Å². The Labute approximate surface area is 225 Å². The van der Waals surface area contributed by atoms with Gasteiger partial charge in [-0.25, -0.2) is 4.79 Å². The molecule has 8 nitrogen and oxygen atoms in total. The molecule has 0 aliphatic carbocycles. The second-order valence-corrected chi connectivity index (χ2v) is 11.1. The lowest BCUT2D eigenvalue weighted by Gasteiger charge is -2.25. The summed E-state index contributed by atoms with van der Waals surface area (Å²) in [5.41, 5.74) is 0.0764. The number of alkyl carbamates (subject to hydrolysis) is 1. The van der Waals surface area contributed by atoms with Crippen LogP contribution in [0.15, 0.2) is 60.7 Å². The van der Waals surface area contributed by atoms with Crippen LogP contribution >= 0.6 is 0 Å². The van der Waals surface area contributed by atoms with Gasteiger partial charge in [-0.2, -0.15) is 0 Å². The fraction of sp³-hybridized carbons (Fsp3) is 0.467. The molecular weight excluding hydrogens is 486 g/mol. The summed E-state index contributed by atoms with van der Waals surface area (Å²) in [6.45, 7) is 10.3. The number of nitrogens with one attached hydrogen (secondary N) is 1. The molecule has 0 saturated heterocycles. The molecule has 8 heteroatoms. The molecule has 206 valence electrons. The van der Waals surface area contributed by atoms with Crippen molar-refractivity contribution in [3.05, 3.63) is 71.8 Å². The average molecular weight is 526 g/mol. The highest BCUT2D eigenvalue weighted by atomic mass is 16.6. The lowest BCUT2D eigenvalue weighted by molar-refractivity contribution is -0.162. The summed E-state index contributed by atoms with van der Waals surface area (Å²) in [6.07, 6.45) is -1.21. The Bertz CT molecular complexity index is 1070. The molecule has 1 N–H and O–H groups in total. The number of amides is 1. The molecule has 0 heterocycles. The van der Waals surface area contributed by atoms with Gasteiger partial charge in [-0.1, -0.05) is 60.7 Å². The third kappa shape index (κ3) is 12.0. The zero-order valence-electron chi connectivity index (χ0n) is 23.1. The van der Waals surface area contributed by atoms with Crippen molar-refractivity contribution in [3.63, 3.8) is 0 Å². The van der Waals surface area contributed by atoms with E-state index in [1.807, 2.05) is 60.7 Å². The number of ketones is 1. The molecule has 0 saturated carbocycles. The minimum absolute atomic E-state index is 0.00227. The number of hydrogen-bond acceptors (Lipinski definition) is 7. The van der Waals surface area contributed by atoms with Crippen LogP contribution in [0.25, 0.3) is 0 Å². The molecule has 0 unspecified atom stereocenters. The first-order valence-electron chi connectivity index (χ1n) is 12.7. The smallest absolute Gasteiger partial charge is 0.408 e. The van der Waals surface area contributed by atoms with Crippen LogP contribution in [0, 0.1) is 5.92 Å². The summed E-state index contributed by atoms with van der Waals surface area (Å²) < 4.78 is 16.2. The molecule has 38 heavy (non-hydrogen) atoms. The quantitative estimate of drug-likeness (QED) is 0.318. The van der Waals surface area contributed by atoms with E-state index in [4.69, 9.17) is 14.2 Å². The summed E-state index contributed by atoms with van der Waals surface area (Å²) in [6, 6.07) is 17.3. The van der Waals surface area contributed by atoms with Gasteiger partial charge in [0.2, 0.25) is 0 Å². The minimum atomic E-state index is -1.08. The van der Waals surface area contributed by atoms with Gasteiger partial charge in [0, 0.05) is 6.42 Å². The molecule has 2 aromatic carbocycles. The van der Waals surface area contributed by atoms with Crippen LogP contribution in [-0.4, -0.2) is 41.1 Å². The molecule has 0 radical (unpaired) electrons. The maximum atomic E-state index is 13.5. The molecule has 0 fully saturated rings. The van der Waals surface area contributed by atoms with E-state index >= 15 is 0 Å². The van der Waals surface area contributed by atoms with Crippen LogP contribution in [0.2, 0.25) is 0 Å². The molecule has 0 aromatic heterocycles. The summed E-state index contributed by atoms with van der Waals surface area (Å²) in [5, 5.41) is 2.64. The van der Waals surface area contributed by atoms with Crippen molar-refractivity contribution in [1.29, 1.82) is 0 Å². The van der Waals surface area contributed by atoms with Crippen molar-refractivity contribution in [2.24, 2.45) is 5.92 Å². The maximum Gasteiger partial charge on any atom is 0.408 e. The number of benzene rings is 2. The highest BCUT2D eigenvalue weighted by Crippen LogP contribution is 2.20. The van der Waals surface area contributed by atoms with E-state index in [1.54, 1.807) is 41.5 Å². The highest BCUT2D eigenvalue weighted by molar-refractivity contribution is 5.92. The summed E-state index contributed by atoms with van der Waals surface area (Å²) in [5.74, 6) is -2.82. The predicted octanol–water partition coefficient (Wildman–Crippen LogP) is 5.17. The maximum absolute atomic E-state index is 13.5. The second-order valence-electron chi connectivity index (χ2n) is 11.1. The minimum Gasteiger partial charge on any atom is -0.461 e. The normalized spacial score (nSPS) is 13.1. The van der Waals surface area contributed by atoms with Crippen LogP contribution in [0.4, 0.5) is 4.79 Å². The fourth-order valence-electron chi connectivity index (χ4n) is 3.60. The van der Waals surface area contributed by atoms with Crippen molar-refractivity contribution in [2.75, 3.05) is 0 Å². The molecular formula is C30H39NO7. The van der Waals surface area contributed by atoms with Crippen LogP contribution < -0.4 is 5.32 Å². The number of ether oxygens (including phenoxy) is 3. The average Bonchev–Trinajstić information content (AvgIpc) is 2.80. The molecule has 2 atom stereocenters. The van der Waals surface area contributed by atoms with E-state index in [1.165, 1.54) is 0 Å². The van der Waals surface area contributed by atoms with Crippen molar-refractivity contribution in [3.8, 4) is 0 Å². The molecule has 0 bridgehead atoms. The predicted molar refractivity (Wildman–Crippen MR) is 143 cm³/mol. The second kappa shape index (κ2) is 13.7. The van der Waals surface area contributed by atoms with Crippen LogP contribution in [-0.2, 0) is 41.6 Å². The zero-order valence-corrected chi connectivity index (χ0v) is 23.1. The van der Waals surface area contributed by atoms with E-state index < -0.39 is 47.0 Å². The van der Waals surface area contributed by atoms with E-state index in [9.17, 15) is 19.2 Å². The Hall–Kier alpha value is -3.68. The SMILES string of the molecule is CC(C)(C)OC(=O)C[C@H](CC(=O)[C@H](Cc1ccccc1)NC(=O)OC(C)(C)C)C(=O)OCc1ccccc1. The molecule has 0 aliphatic heterocycles. The zero-order chi connectivity index (χ0) is 28.3. The third-order valence-electron chi connectivity index (χ3n) is 5.20. The first-order valence-corrected chi connectivity index (χ1v) is 12.7. The molecule has 1 amide bonds. The van der Waals surface area contributed by atoms with Gasteiger partial charge in [0.1, 0.15) is 17.8 Å². The van der Waals surface area contributed by atoms with Gasteiger partial charge < -0.3 is 19.5 Å². The molecule has 0 spiro atoms.